The number of hydrogen-bond donors (Lipinski definition) is 0. The van der Waals surface area contributed by atoms with Gasteiger partial charge in [-0.3, -0.25) is 0 Å². The number of piperidine rings is 1. The predicted octanol–water partition coefficient (Wildman–Crippen LogP) is 2.74. The molecule has 0 atom stereocenters. The van der Waals surface area contributed by atoms with Crippen LogP contribution in [0, 0.1) is 6.92 Å². The first kappa shape index (κ1) is 14.7. The van der Waals surface area contributed by atoms with Crippen LogP contribution in [0.5, 0.6) is 5.75 Å². The number of aromatic nitrogens is 2. The van der Waals surface area contributed by atoms with Crippen molar-refractivity contribution >= 4 is 0 Å². The molecule has 2 aromatic rings. The van der Waals surface area contributed by atoms with Crippen LogP contribution in [0.3, 0.4) is 0 Å². The minimum absolute atomic E-state index is 0.459. The molecule has 0 N–H and O–H groups in total. The fourth-order valence-electron chi connectivity index (χ4n) is 3.58. The van der Waals surface area contributed by atoms with Gasteiger partial charge in [-0.25, -0.2) is 0 Å². The summed E-state index contributed by atoms with van der Waals surface area (Å²) in [5.74, 6) is 3.09. The Hall–Kier alpha value is -1.88. The molecule has 0 aliphatic carbocycles. The number of hydrogen-bond acceptors (Lipinski definition) is 5. The maximum atomic E-state index is 5.57. The second-order valence-corrected chi connectivity index (χ2v) is 6.58. The van der Waals surface area contributed by atoms with E-state index in [0.717, 1.165) is 63.5 Å². The van der Waals surface area contributed by atoms with Crippen LogP contribution in [-0.2, 0) is 12.8 Å². The van der Waals surface area contributed by atoms with Crippen LogP contribution in [-0.4, -0.2) is 41.3 Å². The minimum Gasteiger partial charge on any atom is -0.493 e. The maximum absolute atomic E-state index is 5.57. The van der Waals surface area contributed by atoms with Gasteiger partial charge in [0.05, 0.1) is 6.61 Å². The SMILES string of the molecule is Cc1nc(C2CCN(CCc3ccc4c(c3)CCO4)CC2)no1. The molecule has 1 aromatic carbocycles. The summed E-state index contributed by atoms with van der Waals surface area (Å²) in [6.45, 7) is 6.05. The maximum Gasteiger partial charge on any atom is 0.223 e. The van der Waals surface area contributed by atoms with Gasteiger partial charge in [0.1, 0.15) is 5.75 Å². The molecule has 0 bridgehead atoms. The van der Waals surface area contributed by atoms with E-state index in [1.54, 1.807) is 0 Å². The van der Waals surface area contributed by atoms with E-state index in [0.29, 0.717) is 11.8 Å². The highest BCUT2D eigenvalue weighted by atomic mass is 16.5. The molecule has 0 spiro atoms. The highest BCUT2D eigenvalue weighted by Crippen LogP contribution is 2.27. The van der Waals surface area contributed by atoms with Gasteiger partial charge in [-0.05, 0) is 49.5 Å². The summed E-state index contributed by atoms with van der Waals surface area (Å²) in [6.07, 6.45) is 4.41. The van der Waals surface area contributed by atoms with Gasteiger partial charge in [0.2, 0.25) is 5.89 Å². The summed E-state index contributed by atoms with van der Waals surface area (Å²) in [5.41, 5.74) is 2.79. The number of likely N-dealkylation sites (tertiary alicyclic amines) is 1. The van der Waals surface area contributed by atoms with E-state index in [1.807, 2.05) is 6.92 Å². The Labute approximate surface area is 136 Å². The molecule has 0 radical (unpaired) electrons. The molecule has 2 aliphatic rings. The van der Waals surface area contributed by atoms with Crippen molar-refractivity contribution in [3.63, 3.8) is 0 Å². The Morgan fingerprint density at radius 3 is 2.91 bits per heavy atom. The molecular formula is C18H23N3O2. The molecule has 5 nitrogen and oxygen atoms in total. The zero-order chi connectivity index (χ0) is 15.6. The molecule has 3 heterocycles. The molecule has 0 saturated carbocycles. The lowest BCUT2D eigenvalue weighted by molar-refractivity contribution is 0.209. The smallest absolute Gasteiger partial charge is 0.223 e. The summed E-state index contributed by atoms with van der Waals surface area (Å²) in [6, 6.07) is 6.65. The molecule has 0 amide bonds. The molecule has 1 fully saturated rings. The van der Waals surface area contributed by atoms with Crippen molar-refractivity contribution in [2.45, 2.75) is 38.5 Å². The Balaban J connectivity index is 1.28. The molecule has 1 saturated heterocycles. The Morgan fingerprint density at radius 2 is 2.13 bits per heavy atom. The van der Waals surface area contributed by atoms with Gasteiger partial charge < -0.3 is 14.2 Å². The topological polar surface area (TPSA) is 51.4 Å². The summed E-state index contributed by atoms with van der Waals surface area (Å²) in [5, 5.41) is 4.07. The first-order valence-electron chi connectivity index (χ1n) is 8.55. The zero-order valence-electron chi connectivity index (χ0n) is 13.6. The highest BCUT2D eigenvalue weighted by Gasteiger charge is 2.24. The summed E-state index contributed by atoms with van der Waals surface area (Å²) in [4.78, 5) is 6.93. The lowest BCUT2D eigenvalue weighted by atomic mass is 9.96. The van der Waals surface area contributed by atoms with Gasteiger partial charge in [0.25, 0.3) is 0 Å². The van der Waals surface area contributed by atoms with E-state index >= 15 is 0 Å². The number of benzene rings is 1. The van der Waals surface area contributed by atoms with E-state index in [1.165, 1.54) is 11.1 Å². The molecule has 23 heavy (non-hydrogen) atoms. The van der Waals surface area contributed by atoms with Gasteiger partial charge in [-0.1, -0.05) is 17.3 Å². The zero-order valence-corrected chi connectivity index (χ0v) is 13.6. The summed E-state index contributed by atoms with van der Waals surface area (Å²) < 4.78 is 10.7. The van der Waals surface area contributed by atoms with Gasteiger partial charge in [-0.15, -0.1) is 0 Å². The van der Waals surface area contributed by atoms with Crippen LogP contribution in [0.1, 0.15) is 41.6 Å². The number of ether oxygens (including phenoxy) is 1. The van der Waals surface area contributed by atoms with E-state index in [9.17, 15) is 0 Å². The standard InChI is InChI=1S/C18H23N3O2/c1-13-19-18(20-23-13)15-5-9-21(10-6-15)8-4-14-2-3-17-16(12-14)7-11-22-17/h2-3,12,15H,4-11H2,1H3. The fourth-order valence-corrected chi connectivity index (χ4v) is 3.58. The van der Waals surface area contributed by atoms with E-state index in [2.05, 4.69) is 33.2 Å². The van der Waals surface area contributed by atoms with Crippen LogP contribution in [0.4, 0.5) is 0 Å². The van der Waals surface area contributed by atoms with Crippen LogP contribution >= 0.6 is 0 Å². The minimum atomic E-state index is 0.459. The number of rotatable bonds is 4. The van der Waals surface area contributed by atoms with E-state index in [4.69, 9.17) is 9.26 Å². The summed E-state index contributed by atoms with van der Waals surface area (Å²) >= 11 is 0. The van der Waals surface area contributed by atoms with Crippen molar-refractivity contribution in [1.82, 2.24) is 15.0 Å². The first-order chi connectivity index (χ1) is 11.3. The van der Waals surface area contributed by atoms with Crippen molar-refractivity contribution < 1.29 is 9.26 Å². The van der Waals surface area contributed by atoms with Crippen molar-refractivity contribution in [2.24, 2.45) is 0 Å². The lowest BCUT2D eigenvalue weighted by Crippen LogP contribution is -2.34. The van der Waals surface area contributed by atoms with E-state index < -0.39 is 0 Å². The van der Waals surface area contributed by atoms with Crippen molar-refractivity contribution in [3.8, 4) is 5.75 Å². The largest absolute Gasteiger partial charge is 0.493 e. The quantitative estimate of drug-likeness (QED) is 0.868. The molecule has 4 rings (SSSR count). The van der Waals surface area contributed by atoms with E-state index in [-0.39, 0.29) is 0 Å². The van der Waals surface area contributed by atoms with Crippen LogP contribution in [0.25, 0.3) is 0 Å². The van der Waals surface area contributed by atoms with Crippen molar-refractivity contribution in [2.75, 3.05) is 26.2 Å². The summed E-state index contributed by atoms with van der Waals surface area (Å²) in [7, 11) is 0. The van der Waals surface area contributed by atoms with Gasteiger partial charge in [0, 0.05) is 25.8 Å². The van der Waals surface area contributed by atoms with Crippen LogP contribution in [0.2, 0.25) is 0 Å². The Kier molecular flexibility index (Phi) is 4.04. The average molecular weight is 313 g/mol. The normalized spacial score (nSPS) is 18.8. The number of aryl methyl sites for hydroxylation is 1. The lowest BCUT2D eigenvalue weighted by Gasteiger charge is -2.30. The average Bonchev–Trinajstić information content (AvgIpc) is 3.21. The Bertz CT molecular complexity index is 675. The molecular weight excluding hydrogens is 290 g/mol. The molecule has 2 aliphatic heterocycles. The van der Waals surface area contributed by atoms with Crippen molar-refractivity contribution in [1.29, 1.82) is 0 Å². The molecule has 0 unspecified atom stereocenters. The van der Waals surface area contributed by atoms with Gasteiger partial charge >= 0.3 is 0 Å². The third-order valence-corrected chi connectivity index (χ3v) is 4.97. The van der Waals surface area contributed by atoms with Crippen molar-refractivity contribution in [3.05, 3.63) is 41.0 Å². The third kappa shape index (κ3) is 3.24. The second kappa shape index (κ2) is 6.32. The second-order valence-electron chi connectivity index (χ2n) is 6.58. The molecule has 1 aromatic heterocycles. The van der Waals surface area contributed by atoms with Crippen LogP contribution in [0.15, 0.2) is 22.7 Å². The molecule has 122 valence electrons. The molecule has 5 heteroatoms. The number of nitrogens with zero attached hydrogens (tertiary/aromatic N) is 3. The monoisotopic (exact) mass is 313 g/mol. The third-order valence-electron chi connectivity index (χ3n) is 4.97. The van der Waals surface area contributed by atoms with Gasteiger partial charge in [-0.2, -0.15) is 4.98 Å². The predicted molar refractivity (Wildman–Crippen MR) is 86.8 cm³/mol. The Morgan fingerprint density at radius 1 is 1.26 bits per heavy atom. The number of fused-ring (bicyclic) bond motifs is 1. The van der Waals surface area contributed by atoms with Gasteiger partial charge in [0.15, 0.2) is 5.82 Å². The fraction of sp³-hybridized carbons (Fsp3) is 0.556. The highest BCUT2D eigenvalue weighted by molar-refractivity contribution is 5.39. The van der Waals surface area contributed by atoms with Crippen LogP contribution < -0.4 is 4.74 Å². The first-order valence-corrected chi connectivity index (χ1v) is 8.55.